The Morgan fingerprint density at radius 1 is 1.48 bits per heavy atom. The second-order valence-electron chi connectivity index (χ2n) is 5.31. The third-order valence-corrected chi connectivity index (χ3v) is 4.20. The number of pyridine rings is 1. The summed E-state index contributed by atoms with van der Waals surface area (Å²) in [6, 6.07) is 3.67. The van der Waals surface area contributed by atoms with Gasteiger partial charge in [-0.1, -0.05) is 6.07 Å². The van der Waals surface area contributed by atoms with Crippen molar-refractivity contribution in [1.29, 1.82) is 0 Å². The number of carbonyl (C=O) groups is 2. The van der Waals surface area contributed by atoms with E-state index < -0.39 is 11.4 Å². The maximum atomic E-state index is 12.4. The summed E-state index contributed by atoms with van der Waals surface area (Å²) in [5.74, 6) is -0.490. The quantitative estimate of drug-likeness (QED) is 0.814. The lowest BCUT2D eigenvalue weighted by molar-refractivity contribution is -0.121. The number of amides is 1. The topological polar surface area (TPSA) is 105 Å². The molecule has 0 radical (unpaired) electrons. The highest BCUT2D eigenvalue weighted by atomic mass is 16.4. The summed E-state index contributed by atoms with van der Waals surface area (Å²) in [5.41, 5.74) is 0.675. The van der Waals surface area contributed by atoms with Crippen molar-refractivity contribution in [3.63, 3.8) is 0 Å². The summed E-state index contributed by atoms with van der Waals surface area (Å²) in [4.78, 5) is 31.6. The van der Waals surface area contributed by atoms with Crippen LogP contribution in [0.4, 0.5) is 5.82 Å². The maximum absolute atomic E-state index is 12.4. The van der Waals surface area contributed by atoms with Crippen LogP contribution in [0.5, 0.6) is 0 Å². The van der Waals surface area contributed by atoms with E-state index >= 15 is 0 Å². The van der Waals surface area contributed by atoms with Crippen molar-refractivity contribution in [2.75, 3.05) is 5.32 Å². The molecule has 3 heterocycles. The molecule has 0 aromatic carbocycles. The smallest absolute Gasteiger partial charge is 0.392 e. The second kappa shape index (κ2) is 3.91. The average Bonchev–Trinajstić information content (AvgIpc) is 3.00. The van der Waals surface area contributed by atoms with Crippen molar-refractivity contribution < 1.29 is 19.1 Å². The standard InChI is InChI=1S/C14H11N3O4/c18-12(19)11-16-8-6-14(4-3-9(8)21-11)7-2-1-5-15-10(7)17-13(14)20/h1-2,5H,3-4,6H2,(H,18,19)(H,15,17,20). The Morgan fingerprint density at radius 2 is 2.33 bits per heavy atom. The number of rotatable bonds is 1. The first-order chi connectivity index (χ1) is 10.1. The van der Waals surface area contributed by atoms with Crippen LogP contribution in [0.2, 0.25) is 0 Å². The van der Waals surface area contributed by atoms with Gasteiger partial charge in [-0.25, -0.2) is 14.8 Å². The third kappa shape index (κ3) is 1.54. The number of oxazole rings is 1. The lowest BCUT2D eigenvalue weighted by Gasteiger charge is -2.29. The molecule has 0 bridgehead atoms. The number of aromatic nitrogens is 2. The minimum Gasteiger partial charge on any atom is -0.474 e. The van der Waals surface area contributed by atoms with Gasteiger partial charge in [0.15, 0.2) is 0 Å². The van der Waals surface area contributed by atoms with Gasteiger partial charge in [-0.15, -0.1) is 0 Å². The molecule has 4 rings (SSSR count). The third-order valence-electron chi connectivity index (χ3n) is 4.20. The zero-order chi connectivity index (χ0) is 14.6. The molecule has 1 spiro atoms. The van der Waals surface area contributed by atoms with Gasteiger partial charge < -0.3 is 14.8 Å². The van der Waals surface area contributed by atoms with E-state index in [2.05, 4.69) is 15.3 Å². The molecule has 2 N–H and O–H groups in total. The number of carboxylic acids is 1. The molecule has 0 saturated carbocycles. The molecule has 0 fully saturated rings. The zero-order valence-electron chi connectivity index (χ0n) is 10.9. The first-order valence-electron chi connectivity index (χ1n) is 6.59. The van der Waals surface area contributed by atoms with Gasteiger partial charge in [-0.3, -0.25) is 4.79 Å². The van der Waals surface area contributed by atoms with Crippen LogP contribution < -0.4 is 5.32 Å². The number of nitrogens with zero attached hydrogens (tertiary/aromatic N) is 2. The molecule has 1 unspecified atom stereocenters. The minimum absolute atomic E-state index is 0.110. The summed E-state index contributed by atoms with van der Waals surface area (Å²) in [5, 5.41) is 11.7. The monoisotopic (exact) mass is 285 g/mol. The van der Waals surface area contributed by atoms with E-state index in [1.165, 1.54) is 0 Å². The largest absolute Gasteiger partial charge is 0.474 e. The molecule has 21 heavy (non-hydrogen) atoms. The highest BCUT2D eigenvalue weighted by Gasteiger charge is 2.50. The molecule has 1 aliphatic heterocycles. The van der Waals surface area contributed by atoms with Gasteiger partial charge in [0.1, 0.15) is 11.6 Å². The Kier molecular flexibility index (Phi) is 2.25. The number of aryl methyl sites for hydroxylation is 1. The predicted molar refractivity (Wildman–Crippen MR) is 70.0 cm³/mol. The lowest BCUT2D eigenvalue weighted by Crippen LogP contribution is -2.39. The van der Waals surface area contributed by atoms with Gasteiger partial charge in [-0.2, -0.15) is 0 Å². The van der Waals surface area contributed by atoms with Gasteiger partial charge in [0.05, 0.1) is 11.1 Å². The van der Waals surface area contributed by atoms with Crippen molar-refractivity contribution >= 4 is 17.7 Å². The van der Waals surface area contributed by atoms with Crippen LogP contribution in [0.3, 0.4) is 0 Å². The highest BCUT2D eigenvalue weighted by molar-refractivity contribution is 6.05. The van der Waals surface area contributed by atoms with Crippen LogP contribution >= 0.6 is 0 Å². The fourth-order valence-electron chi connectivity index (χ4n) is 3.17. The number of carbonyl (C=O) groups excluding carboxylic acids is 1. The fourth-order valence-corrected chi connectivity index (χ4v) is 3.17. The van der Waals surface area contributed by atoms with Crippen molar-refractivity contribution in [1.82, 2.24) is 9.97 Å². The maximum Gasteiger partial charge on any atom is 0.392 e. The number of hydrogen-bond donors (Lipinski definition) is 2. The summed E-state index contributed by atoms with van der Waals surface area (Å²) in [7, 11) is 0. The Bertz CT molecular complexity index is 782. The van der Waals surface area contributed by atoms with Gasteiger partial charge in [0.2, 0.25) is 5.91 Å². The molecule has 106 valence electrons. The number of nitrogens with one attached hydrogen (secondary N) is 1. The molecule has 0 saturated heterocycles. The minimum atomic E-state index is -1.20. The molecular weight excluding hydrogens is 274 g/mol. The number of aromatic carboxylic acids is 1. The van der Waals surface area contributed by atoms with Gasteiger partial charge in [0, 0.05) is 24.6 Å². The Hall–Kier alpha value is -2.70. The molecule has 1 amide bonds. The SMILES string of the molecule is O=C(O)c1nc2c(o1)CCC1(C2)C(=O)Nc2ncccc21. The summed E-state index contributed by atoms with van der Waals surface area (Å²) >= 11 is 0. The van der Waals surface area contributed by atoms with E-state index in [-0.39, 0.29) is 11.8 Å². The van der Waals surface area contributed by atoms with Gasteiger partial charge in [0.25, 0.3) is 0 Å². The van der Waals surface area contributed by atoms with E-state index in [0.717, 1.165) is 5.56 Å². The van der Waals surface area contributed by atoms with Crippen LogP contribution in [0, 0.1) is 0 Å². The van der Waals surface area contributed by atoms with Crippen LogP contribution in [0.1, 0.15) is 34.1 Å². The van der Waals surface area contributed by atoms with Crippen LogP contribution in [-0.4, -0.2) is 27.0 Å². The van der Waals surface area contributed by atoms with Gasteiger partial charge >= 0.3 is 11.9 Å². The number of carboxylic acid groups (broad SMARTS) is 1. The van der Waals surface area contributed by atoms with E-state index in [9.17, 15) is 9.59 Å². The molecule has 2 aromatic rings. The normalized spacial score (nSPS) is 22.8. The van der Waals surface area contributed by atoms with E-state index in [1.807, 2.05) is 6.07 Å². The molecule has 1 aliphatic carbocycles. The van der Waals surface area contributed by atoms with E-state index in [0.29, 0.717) is 36.5 Å². The number of anilines is 1. The summed E-state index contributed by atoms with van der Waals surface area (Å²) in [6.07, 6.45) is 3.00. The summed E-state index contributed by atoms with van der Waals surface area (Å²) in [6.45, 7) is 0. The molecule has 7 heteroatoms. The molecule has 2 aliphatic rings. The fraction of sp³-hybridized carbons (Fsp3) is 0.286. The van der Waals surface area contributed by atoms with Crippen molar-refractivity contribution in [3.8, 4) is 0 Å². The van der Waals surface area contributed by atoms with Gasteiger partial charge in [-0.05, 0) is 12.5 Å². The molecule has 1 atom stereocenters. The number of fused-ring (bicyclic) bond motifs is 3. The first-order valence-corrected chi connectivity index (χ1v) is 6.59. The molecule has 7 nitrogen and oxygen atoms in total. The van der Waals surface area contributed by atoms with E-state index in [1.54, 1.807) is 12.3 Å². The van der Waals surface area contributed by atoms with Crippen LogP contribution in [-0.2, 0) is 23.1 Å². The first kappa shape index (κ1) is 12.1. The Morgan fingerprint density at radius 3 is 3.14 bits per heavy atom. The van der Waals surface area contributed by atoms with Crippen LogP contribution in [0.15, 0.2) is 22.7 Å². The Labute approximate surface area is 119 Å². The van der Waals surface area contributed by atoms with Crippen molar-refractivity contribution in [3.05, 3.63) is 41.2 Å². The Balaban J connectivity index is 1.81. The molecular formula is C14H11N3O4. The molecule has 2 aromatic heterocycles. The second-order valence-corrected chi connectivity index (χ2v) is 5.31. The predicted octanol–water partition coefficient (Wildman–Crippen LogP) is 1.15. The number of hydrogen-bond acceptors (Lipinski definition) is 5. The van der Waals surface area contributed by atoms with E-state index in [4.69, 9.17) is 9.52 Å². The van der Waals surface area contributed by atoms with Crippen LogP contribution in [0.25, 0.3) is 0 Å². The average molecular weight is 285 g/mol. The lowest BCUT2D eigenvalue weighted by atomic mass is 9.71. The highest BCUT2D eigenvalue weighted by Crippen LogP contribution is 2.45. The van der Waals surface area contributed by atoms with Crippen molar-refractivity contribution in [2.45, 2.75) is 24.7 Å². The summed E-state index contributed by atoms with van der Waals surface area (Å²) < 4.78 is 5.24. The van der Waals surface area contributed by atoms with Crippen molar-refractivity contribution in [2.24, 2.45) is 0 Å². The zero-order valence-corrected chi connectivity index (χ0v) is 10.9.